The summed E-state index contributed by atoms with van der Waals surface area (Å²) in [6.45, 7) is 1.85. The predicted molar refractivity (Wildman–Crippen MR) is 92.3 cm³/mol. The van der Waals surface area contributed by atoms with E-state index in [2.05, 4.69) is 20.8 Å². The van der Waals surface area contributed by atoms with Crippen LogP contribution in [0.2, 0.25) is 0 Å². The Labute approximate surface area is 147 Å². The zero-order chi connectivity index (χ0) is 17.0. The van der Waals surface area contributed by atoms with Gasteiger partial charge in [-0.2, -0.15) is 4.68 Å². The molecule has 0 atom stereocenters. The standard InChI is InChI=1S/C19H23N5O/c1-12-21-22-23-24(12)17-4-2-3-16(8-17)18(25)20-19-9-13-5-14(10-19)7-15(6-13)11-19/h2-4,8,13-15H,5-7,9-11H2,1H3,(H,20,25). The third-order valence-corrected chi connectivity index (χ3v) is 6.40. The Morgan fingerprint density at radius 1 is 1.16 bits per heavy atom. The maximum atomic E-state index is 13.0. The number of amides is 1. The molecule has 0 aliphatic heterocycles. The highest BCUT2D eigenvalue weighted by Gasteiger charge is 2.51. The summed E-state index contributed by atoms with van der Waals surface area (Å²) in [5.74, 6) is 3.21. The minimum absolute atomic E-state index is 0.0343. The molecule has 130 valence electrons. The monoisotopic (exact) mass is 337 g/mol. The number of aromatic nitrogens is 4. The van der Waals surface area contributed by atoms with E-state index in [-0.39, 0.29) is 11.4 Å². The smallest absolute Gasteiger partial charge is 0.251 e. The second-order valence-electron chi connectivity index (χ2n) is 8.34. The normalized spacial score (nSPS) is 32.8. The Morgan fingerprint density at radius 2 is 1.84 bits per heavy atom. The maximum absolute atomic E-state index is 13.0. The Morgan fingerprint density at radius 3 is 2.44 bits per heavy atom. The van der Waals surface area contributed by atoms with Crippen molar-refractivity contribution in [2.45, 2.75) is 51.0 Å². The Bertz CT molecular complexity index is 791. The minimum atomic E-state index is 0.0343. The molecule has 0 saturated heterocycles. The van der Waals surface area contributed by atoms with Gasteiger partial charge in [0.05, 0.1) is 5.69 Å². The van der Waals surface area contributed by atoms with Crippen LogP contribution in [0, 0.1) is 24.7 Å². The first-order chi connectivity index (χ1) is 12.1. The van der Waals surface area contributed by atoms with Crippen molar-refractivity contribution in [1.82, 2.24) is 25.5 Å². The predicted octanol–water partition coefficient (Wildman–Crippen LogP) is 2.67. The maximum Gasteiger partial charge on any atom is 0.251 e. The molecular formula is C19H23N5O. The summed E-state index contributed by atoms with van der Waals surface area (Å²) in [5.41, 5.74) is 1.54. The summed E-state index contributed by atoms with van der Waals surface area (Å²) in [6.07, 6.45) is 7.62. The molecule has 0 spiro atoms. The lowest BCUT2D eigenvalue weighted by atomic mass is 9.53. The van der Waals surface area contributed by atoms with E-state index < -0.39 is 0 Å². The molecule has 1 aromatic carbocycles. The van der Waals surface area contributed by atoms with Crippen LogP contribution < -0.4 is 5.32 Å². The highest BCUT2D eigenvalue weighted by atomic mass is 16.1. The summed E-state index contributed by atoms with van der Waals surface area (Å²) in [7, 11) is 0. The number of carbonyl (C=O) groups excluding carboxylic acids is 1. The largest absolute Gasteiger partial charge is 0.347 e. The number of aryl methyl sites for hydroxylation is 1. The van der Waals surface area contributed by atoms with Crippen LogP contribution in [0.5, 0.6) is 0 Å². The van der Waals surface area contributed by atoms with Crippen LogP contribution in [-0.2, 0) is 0 Å². The topological polar surface area (TPSA) is 72.7 Å². The van der Waals surface area contributed by atoms with Gasteiger partial charge in [-0.25, -0.2) is 0 Å². The number of rotatable bonds is 3. The van der Waals surface area contributed by atoms with Gasteiger partial charge in [0.15, 0.2) is 5.82 Å². The van der Waals surface area contributed by atoms with Gasteiger partial charge in [-0.1, -0.05) is 6.07 Å². The number of carbonyl (C=O) groups is 1. The number of nitrogens with zero attached hydrogens (tertiary/aromatic N) is 4. The highest BCUT2D eigenvalue weighted by Crippen LogP contribution is 2.55. The first kappa shape index (κ1) is 15.0. The zero-order valence-corrected chi connectivity index (χ0v) is 14.5. The SMILES string of the molecule is Cc1nnnn1-c1cccc(C(=O)NC23CC4CC(CC(C4)C2)C3)c1. The van der Waals surface area contributed by atoms with Gasteiger partial charge in [0.25, 0.3) is 5.91 Å². The van der Waals surface area contributed by atoms with Gasteiger partial charge in [0.1, 0.15) is 0 Å². The average Bonchev–Trinajstić information content (AvgIpc) is 2.99. The summed E-state index contributed by atoms with van der Waals surface area (Å²) in [6, 6.07) is 7.56. The third kappa shape index (κ3) is 2.55. The molecule has 6 nitrogen and oxygen atoms in total. The van der Waals surface area contributed by atoms with Crippen molar-refractivity contribution in [3.63, 3.8) is 0 Å². The van der Waals surface area contributed by atoms with Crippen LogP contribution in [0.15, 0.2) is 24.3 Å². The first-order valence-corrected chi connectivity index (χ1v) is 9.28. The minimum Gasteiger partial charge on any atom is -0.347 e. The van der Waals surface area contributed by atoms with Gasteiger partial charge < -0.3 is 5.32 Å². The second kappa shape index (κ2) is 5.38. The molecule has 0 radical (unpaired) electrons. The molecule has 4 bridgehead atoms. The van der Waals surface area contributed by atoms with Gasteiger partial charge in [0, 0.05) is 11.1 Å². The lowest BCUT2D eigenvalue weighted by molar-refractivity contribution is -0.0167. The molecule has 4 saturated carbocycles. The van der Waals surface area contributed by atoms with Crippen molar-refractivity contribution >= 4 is 5.91 Å². The van der Waals surface area contributed by atoms with Crippen LogP contribution in [0.25, 0.3) is 5.69 Å². The van der Waals surface area contributed by atoms with Gasteiger partial charge >= 0.3 is 0 Å². The third-order valence-electron chi connectivity index (χ3n) is 6.40. The Hall–Kier alpha value is -2.24. The fraction of sp³-hybridized carbons (Fsp3) is 0.579. The Kier molecular flexibility index (Phi) is 3.24. The van der Waals surface area contributed by atoms with E-state index in [1.54, 1.807) is 4.68 Å². The molecule has 25 heavy (non-hydrogen) atoms. The van der Waals surface area contributed by atoms with Gasteiger partial charge in [0.2, 0.25) is 0 Å². The average molecular weight is 337 g/mol. The molecule has 1 heterocycles. The fourth-order valence-corrected chi connectivity index (χ4v) is 5.83. The van der Waals surface area contributed by atoms with E-state index in [0.717, 1.165) is 42.7 Å². The van der Waals surface area contributed by atoms with Crippen molar-refractivity contribution in [2.24, 2.45) is 17.8 Å². The second-order valence-corrected chi connectivity index (χ2v) is 8.34. The van der Waals surface area contributed by atoms with Crippen molar-refractivity contribution in [1.29, 1.82) is 0 Å². The molecule has 6 heteroatoms. The summed E-state index contributed by atoms with van der Waals surface area (Å²) < 4.78 is 1.65. The molecular weight excluding hydrogens is 314 g/mol. The summed E-state index contributed by atoms with van der Waals surface area (Å²) in [4.78, 5) is 13.0. The highest BCUT2D eigenvalue weighted by molar-refractivity contribution is 5.95. The number of nitrogens with one attached hydrogen (secondary N) is 1. The van der Waals surface area contributed by atoms with Crippen LogP contribution >= 0.6 is 0 Å². The van der Waals surface area contributed by atoms with Gasteiger partial charge in [-0.05, 0) is 91.8 Å². The van der Waals surface area contributed by atoms with Crippen LogP contribution in [-0.4, -0.2) is 31.7 Å². The molecule has 6 rings (SSSR count). The number of hydrogen-bond acceptors (Lipinski definition) is 4. The van der Waals surface area contributed by atoms with E-state index in [1.165, 1.54) is 19.3 Å². The van der Waals surface area contributed by atoms with E-state index >= 15 is 0 Å². The zero-order valence-electron chi connectivity index (χ0n) is 14.5. The lowest BCUT2D eigenvalue weighted by Crippen LogP contribution is -2.59. The Balaban J connectivity index is 1.39. The van der Waals surface area contributed by atoms with Crippen LogP contribution in [0.4, 0.5) is 0 Å². The van der Waals surface area contributed by atoms with Crippen molar-refractivity contribution < 1.29 is 4.79 Å². The van der Waals surface area contributed by atoms with Gasteiger partial charge in [-0.15, -0.1) is 5.10 Å². The molecule has 1 amide bonds. The fourth-order valence-electron chi connectivity index (χ4n) is 5.83. The first-order valence-electron chi connectivity index (χ1n) is 9.28. The molecule has 1 N–H and O–H groups in total. The van der Waals surface area contributed by atoms with Gasteiger partial charge in [-0.3, -0.25) is 4.79 Å². The number of tetrazole rings is 1. The number of benzene rings is 1. The van der Waals surface area contributed by atoms with Crippen molar-refractivity contribution in [2.75, 3.05) is 0 Å². The summed E-state index contributed by atoms with van der Waals surface area (Å²) in [5, 5.41) is 15.0. The lowest BCUT2D eigenvalue weighted by Gasteiger charge is -2.56. The van der Waals surface area contributed by atoms with Crippen LogP contribution in [0.1, 0.15) is 54.7 Å². The van der Waals surface area contributed by atoms with E-state index in [9.17, 15) is 4.79 Å². The molecule has 4 fully saturated rings. The van der Waals surface area contributed by atoms with E-state index in [0.29, 0.717) is 11.4 Å². The van der Waals surface area contributed by atoms with E-state index in [1.807, 2.05) is 31.2 Å². The molecule has 4 aliphatic rings. The molecule has 1 aromatic heterocycles. The van der Waals surface area contributed by atoms with Crippen molar-refractivity contribution in [3.05, 3.63) is 35.7 Å². The quantitative estimate of drug-likeness (QED) is 0.934. The molecule has 0 unspecified atom stereocenters. The summed E-state index contributed by atoms with van der Waals surface area (Å²) >= 11 is 0. The van der Waals surface area contributed by atoms with Crippen LogP contribution in [0.3, 0.4) is 0 Å². The van der Waals surface area contributed by atoms with Crippen molar-refractivity contribution in [3.8, 4) is 5.69 Å². The van der Waals surface area contributed by atoms with E-state index in [4.69, 9.17) is 0 Å². The molecule has 2 aromatic rings. The number of hydrogen-bond donors (Lipinski definition) is 1. The molecule has 4 aliphatic carbocycles.